The van der Waals surface area contributed by atoms with Crippen molar-refractivity contribution in [3.8, 4) is 11.5 Å². The van der Waals surface area contributed by atoms with Crippen molar-refractivity contribution in [3.05, 3.63) is 58.1 Å². The van der Waals surface area contributed by atoms with E-state index in [9.17, 15) is 9.59 Å². The molecule has 0 radical (unpaired) electrons. The topological polar surface area (TPSA) is 61.8 Å². The van der Waals surface area contributed by atoms with Gasteiger partial charge >= 0.3 is 5.97 Å². The second kappa shape index (κ2) is 6.83. The number of ketones is 1. The van der Waals surface area contributed by atoms with E-state index in [1.165, 1.54) is 0 Å². The third-order valence-electron chi connectivity index (χ3n) is 3.28. The zero-order chi connectivity index (χ0) is 16.2. The molecule has 0 N–H and O–H groups in total. The molecule has 0 atom stereocenters. The summed E-state index contributed by atoms with van der Waals surface area (Å²) in [4.78, 5) is 24.0. The van der Waals surface area contributed by atoms with Crippen molar-refractivity contribution in [1.82, 2.24) is 0 Å². The maximum atomic E-state index is 12.1. The second-order valence-electron chi connectivity index (χ2n) is 4.86. The van der Waals surface area contributed by atoms with Crippen molar-refractivity contribution in [1.29, 1.82) is 0 Å². The number of halogens is 1. The van der Waals surface area contributed by atoms with E-state index in [1.807, 2.05) is 0 Å². The van der Waals surface area contributed by atoms with E-state index in [2.05, 4.69) is 15.9 Å². The van der Waals surface area contributed by atoms with Gasteiger partial charge in [-0.05, 0) is 42.5 Å². The van der Waals surface area contributed by atoms with E-state index in [0.717, 1.165) is 4.47 Å². The Kier molecular flexibility index (Phi) is 4.62. The van der Waals surface area contributed by atoms with E-state index in [-0.39, 0.29) is 12.4 Å². The first kappa shape index (κ1) is 15.6. The molecule has 0 amide bonds. The molecule has 0 spiro atoms. The normalized spacial score (nSPS) is 12.6. The van der Waals surface area contributed by atoms with Crippen LogP contribution in [0.2, 0.25) is 0 Å². The van der Waals surface area contributed by atoms with Gasteiger partial charge in [-0.25, -0.2) is 4.79 Å². The number of carbonyl (C=O) groups excluding carboxylic acids is 2. The average Bonchev–Trinajstić information content (AvgIpc) is 2.59. The van der Waals surface area contributed by atoms with Crippen molar-refractivity contribution < 1.29 is 23.8 Å². The fourth-order valence-corrected chi connectivity index (χ4v) is 2.36. The molecule has 2 aromatic rings. The number of esters is 1. The van der Waals surface area contributed by atoms with Gasteiger partial charge in [-0.2, -0.15) is 0 Å². The summed E-state index contributed by atoms with van der Waals surface area (Å²) in [6, 6.07) is 11.6. The van der Waals surface area contributed by atoms with E-state index in [1.54, 1.807) is 42.5 Å². The second-order valence-corrected chi connectivity index (χ2v) is 5.78. The first-order valence-corrected chi connectivity index (χ1v) is 7.78. The highest BCUT2D eigenvalue weighted by atomic mass is 79.9. The molecule has 23 heavy (non-hydrogen) atoms. The van der Waals surface area contributed by atoms with Gasteiger partial charge in [0.15, 0.2) is 23.9 Å². The number of benzene rings is 2. The first-order chi connectivity index (χ1) is 11.1. The molecule has 0 bridgehead atoms. The highest BCUT2D eigenvalue weighted by Gasteiger charge is 2.16. The number of carbonyl (C=O) groups is 2. The minimum Gasteiger partial charge on any atom is -0.486 e. The van der Waals surface area contributed by atoms with Crippen LogP contribution in [-0.2, 0) is 4.74 Å². The molecular weight excluding hydrogens is 364 g/mol. The zero-order valence-corrected chi connectivity index (χ0v) is 13.7. The third kappa shape index (κ3) is 3.71. The highest BCUT2D eigenvalue weighted by molar-refractivity contribution is 9.10. The Morgan fingerprint density at radius 1 is 0.957 bits per heavy atom. The van der Waals surface area contributed by atoms with E-state index in [4.69, 9.17) is 14.2 Å². The van der Waals surface area contributed by atoms with Crippen LogP contribution >= 0.6 is 15.9 Å². The number of rotatable bonds is 4. The maximum Gasteiger partial charge on any atom is 0.338 e. The zero-order valence-electron chi connectivity index (χ0n) is 12.1. The van der Waals surface area contributed by atoms with Gasteiger partial charge in [-0.1, -0.05) is 15.9 Å². The first-order valence-electron chi connectivity index (χ1n) is 6.99. The van der Waals surface area contributed by atoms with Crippen LogP contribution in [0.1, 0.15) is 20.7 Å². The monoisotopic (exact) mass is 376 g/mol. The van der Waals surface area contributed by atoms with E-state index >= 15 is 0 Å². The van der Waals surface area contributed by atoms with Crippen LogP contribution in [0.25, 0.3) is 0 Å². The summed E-state index contributed by atoms with van der Waals surface area (Å²) in [6.07, 6.45) is 0. The molecule has 6 heteroatoms. The number of hydrogen-bond acceptors (Lipinski definition) is 5. The predicted molar refractivity (Wildman–Crippen MR) is 86.2 cm³/mol. The lowest BCUT2D eigenvalue weighted by molar-refractivity contribution is 0.0474. The minimum atomic E-state index is -0.539. The highest BCUT2D eigenvalue weighted by Crippen LogP contribution is 2.30. The summed E-state index contributed by atoms with van der Waals surface area (Å²) in [5, 5.41) is 0. The van der Waals surface area contributed by atoms with Gasteiger partial charge in [0, 0.05) is 10.0 Å². The third-order valence-corrected chi connectivity index (χ3v) is 3.81. The molecule has 0 saturated heterocycles. The van der Waals surface area contributed by atoms with Gasteiger partial charge in [-0.3, -0.25) is 4.79 Å². The molecule has 2 aromatic carbocycles. The fourth-order valence-electron chi connectivity index (χ4n) is 2.10. The molecule has 1 heterocycles. The molecule has 0 saturated carbocycles. The Bertz CT molecular complexity index is 739. The van der Waals surface area contributed by atoms with Crippen molar-refractivity contribution in [2.45, 2.75) is 0 Å². The summed E-state index contributed by atoms with van der Waals surface area (Å²) < 4.78 is 16.7. The molecule has 0 aliphatic carbocycles. The molecular formula is C17H13BrO5. The lowest BCUT2D eigenvalue weighted by Crippen LogP contribution is -2.17. The number of hydrogen-bond donors (Lipinski definition) is 0. The van der Waals surface area contributed by atoms with E-state index in [0.29, 0.717) is 35.8 Å². The maximum absolute atomic E-state index is 12.1. The fraction of sp³-hybridized carbons (Fsp3) is 0.176. The molecule has 0 fully saturated rings. The molecule has 1 aliphatic rings. The lowest BCUT2D eigenvalue weighted by atomic mass is 10.1. The summed E-state index contributed by atoms with van der Waals surface area (Å²) in [7, 11) is 0. The number of ether oxygens (including phenoxy) is 3. The average molecular weight is 377 g/mol. The number of fused-ring (bicyclic) bond motifs is 1. The van der Waals surface area contributed by atoms with Crippen LogP contribution in [0.15, 0.2) is 46.9 Å². The van der Waals surface area contributed by atoms with Gasteiger partial charge in [0.1, 0.15) is 13.2 Å². The predicted octanol–water partition coefficient (Wildman–Crippen LogP) is 3.26. The molecule has 1 aliphatic heterocycles. The molecule has 3 rings (SSSR count). The van der Waals surface area contributed by atoms with Gasteiger partial charge in [0.25, 0.3) is 0 Å². The Morgan fingerprint density at radius 2 is 1.61 bits per heavy atom. The van der Waals surface area contributed by atoms with Crippen molar-refractivity contribution in [3.63, 3.8) is 0 Å². The van der Waals surface area contributed by atoms with Crippen LogP contribution in [-0.4, -0.2) is 31.6 Å². The lowest BCUT2D eigenvalue weighted by Gasteiger charge is -2.18. The van der Waals surface area contributed by atoms with Crippen LogP contribution in [0.4, 0.5) is 0 Å². The molecule has 5 nitrogen and oxygen atoms in total. The Labute approximate surface area is 141 Å². The van der Waals surface area contributed by atoms with Crippen molar-refractivity contribution in [2.75, 3.05) is 19.8 Å². The smallest absolute Gasteiger partial charge is 0.338 e. The van der Waals surface area contributed by atoms with Gasteiger partial charge in [-0.15, -0.1) is 0 Å². The Morgan fingerprint density at radius 3 is 2.35 bits per heavy atom. The summed E-state index contributed by atoms with van der Waals surface area (Å²) in [5.41, 5.74) is 0.807. The van der Waals surface area contributed by atoms with Crippen LogP contribution < -0.4 is 9.47 Å². The summed E-state index contributed by atoms with van der Waals surface area (Å²) in [5.74, 6) is 0.303. The number of Topliss-reactive ketones (excluding diaryl/α,β-unsaturated/α-hetero) is 1. The summed E-state index contributed by atoms with van der Waals surface area (Å²) >= 11 is 3.29. The Hall–Kier alpha value is -2.34. The molecule has 0 unspecified atom stereocenters. The quantitative estimate of drug-likeness (QED) is 0.605. The van der Waals surface area contributed by atoms with Crippen LogP contribution in [0.5, 0.6) is 11.5 Å². The van der Waals surface area contributed by atoms with Gasteiger partial charge < -0.3 is 14.2 Å². The molecule has 118 valence electrons. The van der Waals surface area contributed by atoms with Gasteiger partial charge in [0.2, 0.25) is 0 Å². The molecule has 0 aromatic heterocycles. The van der Waals surface area contributed by atoms with Crippen molar-refractivity contribution in [2.24, 2.45) is 0 Å². The van der Waals surface area contributed by atoms with Crippen molar-refractivity contribution >= 4 is 27.7 Å². The largest absolute Gasteiger partial charge is 0.486 e. The van der Waals surface area contributed by atoms with Gasteiger partial charge in [0.05, 0.1) is 5.56 Å². The standard InChI is InChI=1S/C17H13BrO5/c18-13-4-1-11(2-5-13)17(20)23-10-14(19)12-3-6-15-16(9-12)22-8-7-21-15/h1-6,9H,7-8,10H2. The van der Waals surface area contributed by atoms with E-state index < -0.39 is 5.97 Å². The van der Waals surface area contributed by atoms with Crippen LogP contribution in [0.3, 0.4) is 0 Å². The SMILES string of the molecule is O=C(COC(=O)c1ccc(Br)cc1)c1ccc2c(c1)OCCO2. The van der Waals surface area contributed by atoms with Crippen LogP contribution in [0, 0.1) is 0 Å². The minimum absolute atomic E-state index is 0.299. The Balaban J connectivity index is 1.63. The summed E-state index contributed by atoms with van der Waals surface area (Å²) in [6.45, 7) is 0.614.